The van der Waals surface area contributed by atoms with Gasteiger partial charge >= 0.3 is 5.97 Å². The van der Waals surface area contributed by atoms with Crippen LogP contribution in [0.4, 0.5) is 4.39 Å². The van der Waals surface area contributed by atoms with E-state index in [1.165, 1.54) is 30.9 Å². The normalized spacial score (nSPS) is 15.6. The number of thiazole rings is 1. The van der Waals surface area contributed by atoms with Crippen LogP contribution in [0.2, 0.25) is 0 Å². The zero-order valence-corrected chi connectivity index (χ0v) is 19.9. The molecule has 1 unspecified atom stereocenters. The van der Waals surface area contributed by atoms with Crippen LogP contribution in [0.1, 0.15) is 31.0 Å². The quantitative estimate of drug-likeness (QED) is 0.505. The van der Waals surface area contributed by atoms with Crippen molar-refractivity contribution in [3.63, 3.8) is 0 Å². The Morgan fingerprint density at radius 3 is 2.59 bits per heavy atom. The molecule has 2 heterocycles. The zero-order chi connectivity index (χ0) is 24.4. The molecule has 3 aromatic rings. The summed E-state index contributed by atoms with van der Waals surface area (Å²) >= 11 is 1.13. The Kier molecular flexibility index (Phi) is 6.65. The van der Waals surface area contributed by atoms with Crippen molar-refractivity contribution in [3.05, 3.63) is 90.4 Å². The summed E-state index contributed by atoms with van der Waals surface area (Å²) in [6, 6.07) is 10.6. The molecule has 0 aliphatic carbocycles. The average molecular weight is 483 g/mol. The van der Waals surface area contributed by atoms with E-state index in [1.807, 2.05) is 0 Å². The summed E-state index contributed by atoms with van der Waals surface area (Å²) < 4.78 is 32.1. The average Bonchev–Trinajstić information content (AvgIpc) is 3.13. The summed E-state index contributed by atoms with van der Waals surface area (Å²) in [6.45, 7) is 3.59. The molecule has 1 atom stereocenters. The SMILES string of the molecule is CCOC(=O)C1=C(C)N=c2sc(=Cc3ccccc3F)c(=O)n2C1c1ccc(OC)c(OC)c1. The van der Waals surface area contributed by atoms with Crippen molar-refractivity contribution in [1.82, 2.24) is 4.57 Å². The Labute approximate surface area is 199 Å². The minimum absolute atomic E-state index is 0.173. The van der Waals surface area contributed by atoms with E-state index < -0.39 is 17.8 Å². The predicted octanol–water partition coefficient (Wildman–Crippen LogP) is 2.95. The molecular formula is C25H23FN2O5S. The van der Waals surface area contributed by atoms with Crippen LogP contribution < -0.4 is 24.4 Å². The fourth-order valence-corrected chi connectivity index (χ4v) is 4.90. The first-order valence-electron chi connectivity index (χ1n) is 10.6. The van der Waals surface area contributed by atoms with Crippen LogP contribution in [0.5, 0.6) is 11.5 Å². The summed E-state index contributed by atoms with van der Waals surface area (Å²) in [4.78, 5) is 31.4. The molecule has 0 N–H and O–H groups in total. The second kappa shape index (κ2) is 9.64. The summed E-state index contributed by atoms with van der Waals surface area (Å²) in [7, 11) is 3.03. The maximum Gasteiger partial charge on any atom is 0.338 e. The highest BCUT2D eigenvalue weighted by Gasteiger charge is 2.33. The number of halogens is 1. The fraction of sp³-hybridized carbons (Fsp3) is 0.240. The predicted molar refractivity (Wildman–Crippen MR) is 126 cm³/mol. The van der Waals surface area contributed by atoms with E-state index in [0.717, 1.165) is 11.3 Å². The van der Waals surface area contributed by atoms with Gasteiger partial charge in [0.05, 0.1) is 42.7 Å². The molecule has 1 aliphatic rings. The highest BCUT2D eigenvalue weighted by Crippen LogP contribution is 2.36. The Balaban J connectivity index is 1.99. The topological polar surface area (TPSA) is 79.1 Å². The van der Waals surface area contributed by atoms with Crippen LogP contribution in [0.15, 0.2) is 63.5 Å². The number of methoxy groups -OCH3 is 2. The molecule has 9 heteroatoms. The molecule has 34 heavy (non-hydrogen) atoms. The van der Waals surface area contributed by atoms with Gasteiger partial charge in [-0.2, -0.15) is 0 Å². The lowest BCUT2D eigenvalue weighted by Crippen LogP contribution is -2.40. The first kappa shape index (κ1) is 23.4. The number of hydrogen-bond donors (Lipinski definition) is 0. The van der Waals surface area contributed by atoms with Crippen molar-refractivity contribution in [3.8, 4) is 11.5 Å². The van der Waals surface area contributed by atoms with Crippen LogP contribution >= 0.6 is 11.3 Å². The second-order valence-electron chi connectivity index (χ2n) is 7.44. The number of esters is 1. The maximum absolute atomic E-state index is 14.2. The molecule has 176 valence electrons. The number of fused-ring (bicyclic) bond motifs is 1. The lowest BCUT2D eigenvalue weighted by atomic mass is 9.95. The Hall–Kier alpha value is -3.72. The third-order valence-corrected chi connectivity index (χ3v) is 6.42. The maximum atomic E-state index is 14.2. The Morgan fingerprint density at radius 1 is 1.18 bits per heavy atom. The van der Waals surface area contributed by atoms with Gasteiger partial charge in [0.15, 0.2) is 16.3 Å². The van der Waals surface area contributed by atoms with Gasteiger partial charge in [0.1, 0.15) is 5.82 Å². The Bertz CT molecular complexity index is 1470. The van der Waals surface area contributed by atoms with Crippen molar-refractivity contribution in [1.29, 1.82) is 0 Å². The molecule has 0 spiro atoms. The lowest BCUT2D eigenvalue weighted by molar-refractivity contribution is -0.139. The van der Waals surface area contributed by atoms with Crippen molar-refractivity contribution in [2.45, 2.75) is 19.9 Å². The van der Waals surface area contributed by atoms with Crippen LogP contribution in [0.25, 0.3) is 6.08 Å². The molecule has 0 amide bonds. The second-order valence-corrected chi connectivity index (χ2v) is 8.45. The molecule has 7 nitrogen and oxygen atoms in total. The van der Waals surface area contributed by atoms with Gasteiger partial charge in [0.25, 0.3) is 5.56 Å². The minimum Gasteiger partial charge on any atom is -0.493 e. The number of allylic oxidation sites excluding steroid dienone is 1. The molecule has 0 radical (unpaired) electrons. The number of hydrogen-bond acceptors (Lipinski definition) is 7. The first-order chi connectivity index (χ1) is 16.4. The third kappa shape index (κ3) is 4.14. The molecule has 2 aromatic carbocycles. The van der Waals surface area contributed by atoms with Gasteiger partial charge in [-0.15, -0.1) is 0 Å². The number of aromatic nitrogens is 1. The van der Waals surface area contributed by atoms with E-state index in [-0.39, 0.29) is 23.3 Å². The summed E-state index contributed by atoms with van der Waals surface area (Å²) in [5, 5.41) is 0. The molecule has 4 rings (SSSR count). The van der Waals surface area contributed by atoms with E-state index in [4.69, 9.17) is 14.2 Å². The number of nitrogens with zero attached hydrogens (tertiary/aromatic N) is 2. The fourth-order valence-electron chi connectivity index (χ4n) is 3.86. The van der Waals surface area contributed by atoms with E-state index >= 15 is 0 Å². The smallest absolute Gasteiger partial charge is 0.338 e. The third-order valence-electron chi connectivity index (χ3n) is 5.43. The van der Waals surface area contributed by atoms with Gasteiger partial charge in [-0.25, -0.2) is 14.2 Å². The Morgan fingerprint density at radius 2 is 1.91 bits per heavy atom. The van der Waals surface area contributed by atoms with Gasteiger partial charge < -0.3 is 14.2 Å². The number of benzene rings is 2. The van der Waals surface area contributed by atoms with Gasteiger partial charge in [0, 0.05) is 5.56 Å². The van der Waals surface area contributed by atoms with Crippen LogP contribution in [-0.4, -0.2) is 31.4 Å². The summed E-state index contributed by atoms with van der Waals surface area (Å²) in [5.41, 5.74) is 1.21. The number of ether oxygens (including phenoxy) is 3. The van der Waals surface area contributed by atoms with Gasteiger partial charge in [-0.1, -0.05) is 35.6 Å². The van der Waals surface area contributed by atoms with Crippen molar-refractivity contribution >= 4 is 23.4 Å². The van der Waals surface area contributed by atoms with Gasteiger partial charge in [-0.05, 0) is 43.7 Å². The van der Waals surface area contributed by atoms with E-state index in [2.05, 4.69) is 4.99 Å². The molecule has 0 saturated heterocycles. The van der Waals surface area contributed by atoms with E-state index in [0.29, 0.717) is 32.1 Å². The molecule has 0 saturated carbocycles. The minimum atomic E-state index is -0.808. The highest BCUT2D eigenvalue weighted by molar-refractivity contribution is 7.07. The summed E-state index contributed by atoms with van der Waals surface area (Å²) in [6.07, 6.45) is 1.49. The standard InChI is InChI=1S/C25H23FN2O5S/c1-5-33-24(30)21-14(2)27-25-28(22(21)16-10-11-18(31-3)19(12-16)32-4)23(29)20(34-25)13-15-8-6-7-9-17(15)26/h6-13,22H,5H2,1-4H3. The molecule has 1 aliphatic heterocycles. The van der Waals surface area contributed by atoms with Gasteiger partial charge in [0.2, 0.25) is 0 Å². The van der Waals surface area contributed by atoms with Crippen LogP contribution in [0, 0.1) is 5.82 Å². The number of carbonyl (C=O) groups is 1. The van der Waals surface area contributed by atoms with Crippen LogP contribution in [-0.2, 0) is 9.53 Å². The summed E-state index contributed by atoms with van der Waals surface area (Å²) in [5.74, 6) is -0.0389. The molecule has 0 fully saturated rings. The molecule has 1 aromatic heterocycles. The van der Waals surface area contributed by atoms with Crippen molar-refractivity contribution in [2.75, 3.05) is 20.8 Å². The van der Waals surface area contributed by atoms with Crippen molar-refractivity contribution in [2.24, 2.45) is 4.99 Å². The highest BCUT2D eigenvalue weighted by atomic mass is 32.1. The van der Waals surface area contributed by atoms with E-state index in [9.17, 15) is 14.0 Å². The monoisotopic (exact) mass is 482 g/mol. The molecular weight excluding hydrogens is 459 g/mol. The number of carbonyl (C=O) groups excluding carboxylic acids is 1. The van der Waals surface area contributed by atoms with E-state index in [1.54, 1.807) is 50.2 Å². The lowest BCUT2D eigenvalue weighted by Gasteiger charge is -2.25. The van der Waals surface area contributed by atoms with Crippen molar-refractivity contribution < 1.29 is 23.4 Å². The molecule has 0 bridgehead atoms. The first-order valence-corrected chi connectivity index (χ1v) is 11.4. The number of rotatable bonds is 6. The van der Waals surface area contributed by atoms with Gasteiger partial charge in [-0.3, -0.25) is 9.36 Å². The zero-order valence-electron chi connectivity index (χ0n) is 19.1. The largest absolute Gasteiger partial charge is 0.493 e. The van der Waals surface area contributed by atoms with Crippen LogP contribution in [0.3, 0.4) is 0 Å².